The summed E-state index contributed by atoms with van der Waals surface area (Å²) in [6.45, 7) is 3.78. The number of nitrogens with zero attached hydrogens (tertiary/aromatic N) is 2. The number of likely N-dealkylation sites (tertiary alicyclic amines) is 2. The van der Waals surface area contributed by atoms with E-state index in [2.05, 4.69) is 0 Å². The zero-order valence-corrected chi connectivity index (χ0v) is 8.75. The van der Waals surface area contributed by atoms with Crippen molar-refractivity contribution in [3.8, 4) is 0 Å². The van der Waals surface area contributed by atoms with Crippen molar-refractivity contribution < 1.29 is 9.59 Å². The van der Waals surface area contributed by atoms with Crippen molar-refractivity contribution in [2.75, 3.05) is 26.7 Å². The van der Waals surface area contributed by atoms with Crippen LogP contribution in [0.1, 0.15) is 19.8 Å². The van der Waals surface area contributed by atoms with Gasteiger partial charge in [-0.3, -0.25) is 9.59 Å². The lowest BCUT2D eigenvalue weighted by Gasteiger charge is -2.21. The van der Waals surface area contributed by atoms with Crippen molar-refractivity contribution in [1.82, 2.24) is 9.80 Å². The predicted molar refractivity (Wildman–Crippen MR) is 51.6 cm³/mol. The Morgan fingerprint density at radius 1 is 1.36 bits per heavy atom. The van der Waals surface area contributed by atoms with Gasteiger partial charge in [-0.1, -0.05) is 0 Å². The van der Waals surface area contributed by atoms with Crippen LogP contribution in [0.15, 0.2) is 0 Å². The van der Waals surface area contributed by atoms with Gasteiger partial charge < -0.3 is 9.80 Å². The summed E-state index contributed by atoms with van der Waals surface area (Å²) in [6, 6.07) is 0. The maximum Gasteiger partial charge on any atom is 0.230 e. The molecule has 78 valence electrons. The summed E-state index contributed by atoms with van der Waals surface area (Å²) in [6.07, 6.45) is 1.75. The summed E-state index contributed by atoms with van der Waals surface area (Å²) in [4.78, 5) is 26.6. The molecular formula is C10H16N2O2. The minimum atomic E-state index is -0.236. The Balaban J connectivity index is 2.14. The quantitative estimate of drug-likeness (QED) is 0.551. The fraction of sp³-hybridized carbons (Fsp3) is 0.800. The first-order valence-corrected chi connectivity index (χ1v) is 5.06. The van der Waals surface area contributed by atoms with E-state index in [1.165, 1.54) is 0 Å². The highest BCUT2D eigenvalue weighted by Gasteiger charge is 2.50. The lowest BCUT2D eigenvalue weighted by molar-refractivity contribution is -0.135. The minimum Gasteiger partial charge on any atom is -0.345 e. The van der Waals surface area contributed by atoms with E-state index in [0.29, 0.717) is 6.54 Å². The molecule has 2 rings (SSSR count). The number of hydrogen-bond donors (Lipinski definition) is 0. The normalized spacial score (nSPS) is 32.0. The van der Waals surface area contributed by atoms with E-state index >= 15 is 0 Å². The highest BCUT2D eigenvalue weighted by atomic mass is 16.2. The Hall–Kier alpha value is -1.06. The third kappa shape index (κ3) is 1.21. The predicted octanol–water partition coefficient (Wildman–Crippen LogP) is 0.0871. The Labute approximate surface area is 83.9 Å². The Kier molecular flexibility index (Phi) is 2.01. The highest BCUT2D eigenvalue weighted by molar-refractivity contribution is 5.86. The zero-order chi connectivity index (χ0) is 10.3. The molecule has 0 radical (unpaired) electrons. The first-order chi connectivity index (χ1) is 6.55. The van der Waals surface area contributed by atoms with Crippen molar-refractivity contribution in [1.29, 1.82) is 0 Å². The van der Waals surface area contributed by atoms with Gasteiger partial charge in [0.15, 0.2) is 0 Å². The molecule has 1 spiro atoms. The molecule has 4 heteroatoms. The molecule has 0 N–H and O–H groups in total. The lowest BCUT2D eigenvalue weighted by Crippen LogP contribution is -2.36. The third-order valence-corrected chi connectivity index (χ3v) is 3.53. The number of carbonyl (C=O) groups excluding carboxylic acids is 2. The average Bonchev–Trinajstić information content (AvgIpc) is 2.68. The molecule has 2 heterocycles. The van der Waals surface area contributed by atoms with Gasteiger partial charge in [0.2, 0.25) is 11.8 Å². The van der Waals surface area contributed by atoms with Crippen LogP contribution in [-0.4, -0.2) is 48.3 Å². The lowest BCUT2D eigenvalue weighted by atomic mass is 9.86. The van der Waals surface area contributed by atoms with Gasteiger partial charge >= 0.3 is 0 Å². The molecule has 1 atom stereocenters. The van der Waals surface area contributed by atoms with Crippen LogP contribution in [0, 0.1) is 5.41 Å². The van der Waals surface area contributed by atoms with Crippen molar-refractivity contribution in [3.63, 3.8) is 0 Å². The maximum absolute atomic E-state index is 11.9. The first-order valence-electron chi connectivity index (χ1n) is 5.06. The number of carbonyl (C=O) groups is 2. The largest absolute Gasteiger partial charge is 0.345 e. The standard InChI is InChI=1S/C10H16N2O2/c1-8(13)12-6-4-10(7-12)3-5-11(2)9(10)14/h3-7H2,1-2H3. The second kappa shape index (κ2) is 2.97. The molecule has 0 aliphatic carbocycles. The van der Waals surface area contributed by atoms with Gasteiger partial charge in [0.1, 0.15) is 0 Å². The number of rotatable bonds is 0. The molecule has 2 amide bonds. The first kappa shape index (κ1) is 9.49. The molecule has 0 aromatic carbocycles. The minimum absolute atomic E-state index is 0.0872. The summed E-state index contributed by atoms with van der Waals surface area (Å²) in [5.74, 6) is 0.311. The van der Waals surface area contributed by atoms with Gasteiger partial charge in [-0.2, -0.15) is 0 Å². The van der Waals surface area contributed by atoms with Gasteiger partial charge in [0.05, 0.1) is 5.41 Å². The van der Waals surface area contributed by atoms with E-state index in [-0.39, 0.29) is 17.2 Å². The van der Waals surface area contributed by atoms with Gasteiger partial charge in [-0.15, -0.1) is 0 Å². The molecule has 4 nitrogen and oxygen atoms in total. The third-order valence-electron chi connectivity index (χ3n) is 3.53. The average molecular weight is 196 g/mol. The van der Waals surface area contributed by atoms with Crippen molar-refractivity contribution in [3.05, 3.63) is 0 Å². The van der Waals surface area contributed by atoms with Crippen LogP contribution in [0.4, 0.5) is 0 Å². The molecule has 2 fully saturated rings. The molecule has 2 aliphatic rings. The topological polar surface area (TPSA) is 40.6 Å². The maximum atomic E-state index is 11.9. The fourth-order valence-corrected chi connectivity index (χ4v) is 2.51. The summed E-state index contributed by atoms with van der Waals surface area (Å²) < 4.78 is 0. The van der Waals surface area contributed by atoms with E-state index in [1.54, 1.807) is 16.7 Å². The molecule has 0 bridgehead atoms. The summed E-state index contributed by atoms with van der Waals surface area (Å²) in [7, 11) is 1.84. The monoisotopic (exact) mass is 196 g/mol. The molecule has 14 heavy (non-hydrogen) atoms. The van der Waals surface area contributed by atoms with Crippen molar-refractivity contribution >= 4 is 11.8 Å². The molecular weight excluding hydrogens is 180 g/mol. The van der Waals surface area contributed by atoms with E-state index in [0.717, 1.165) is 25.9 Å². The fourth-order valence-electron chi connectivity index (χ4n) is 2.51. The van der Waals surface area contributed by atoms with Gasteiger partial charge in [0, 0.05) is 33.6 Å². The molecule has 0 saturated carbocycles. The van der Waals surface area contributed by atoms with Crippen molar-refractivity contribution in [2.45, 2.75) is 19.8 Å². The Morgan fingerprint density at radius 3 is 2.43 bits per heavy atom. The SMILES string of the molecule is CC(=O)N1CCC2(CCN(C)C2=O)C1. The van der Waals surface area contributed by atoms with E-state index in [9.17, 15) is 9.59 Å². The number of amides is 2. The van der Waals surface area contributed by atoms with Crippen LogP contribution in [-0.2, 0) is 9.59 Å². The Bertz CT molecular complexity index is 290. The smallest absolute Gasteiger partial charge is 0.230 e. The zero-order valence-electron chi connectivity index (χ0n) is 8.75. The molecule has 0 aromatic heterocycles. The number of hydrogen-bond acceptors (Lipinski definition) is 2. The van der Waals surface area contributed by atoms with Crippen LogP contribution in [0.3, 0.4) is 0 Å². The molecule has 2 aliphatic heterocycles. The van der Waals surface area contributed by atoms with Gasteiger partial charge in [-0.05, 0) is 12.8 Å². The highest BCUT2D eigenvalue weighted by Crippen LogP contribution is 2.39. The van der Waals surface area contributed by atoms with E-state index < -0.39 is 0 Å². The molecule has 1 unspecified atom stereocenters. The summed E-state index contributed by atoms with van der Waals surface area (Å²) in [5.41, 5.74) is -0.236. The van der Waals surface area contributed by atoms with Crippen LogP contribution in [0.25, 0.3) is 0 Å². The molecule has 2 saturated heterocycles. The van der Waals surface area contributed by atoms with Gasteiger partial charge in [0.25, 0.3) is 0 Å². The van der Waals surface area contributed by atoms with E-state index in [1.807, 2.05) is 7.05 Å². The van der Waals surface area contributed by atoms with Crippen LogP contribution < -0.4 is 0 Å². The van der Waals surface area contributed by atoms with Crippen LogP contribution in [0.5, 0.6) is 0 Å². The second-order valence-corrected chi connectivity index (χ2v) is 4.45. The van der Waals surface area contributed by atoms with Crippen molar-refractivity contribution in [2.24, 2.45) is 5.41 Å². The summed E-state index contributed by atoms with van der Waals surface area (Å²) in [5, 5.41) is 0. The van der Waals surface area contributed by atoms with E-state index in [4.69, 9.17) is 0 Å². The van der Waals surface area contributed by atoms with Gasteiger partial charge in [-0.25, -0.2) is 0 Å². The van der Waals surface area contributed by atoms with Crippen LogP contribution in [0.2, 0.25) is 0 Å². The second-order valence-electron chi connectivity index (χ2n) is 4.45. The Morgan fingerprint density at radius 2 is 2.00 bits per heavy atom. The molecule has 0 aromatic rings. The van der Waals surface area contributed by atoms with Crippen LogP contribution >= 0.6 is 0 Å². The summed E-state index contributed by atoms with van der Waals surface area (Å²) >= 11 is 0.